The molecule has 0 aliphatic carbocycles. The van der Waals surface area contributed by atoms with Crippen molar-refractivity contribution in [3.8, 4) is 5.75 Å². The van der Waals surface area contributed by atoms with Crippen molar-refractivity contribution in [3.63, 3.8) is 0 Å². The van der Waals surface area contributed by atoms with Crippen LogP contribution in [0.5, 0.6) is 5.75 Å². The number of anilines is 1. The van der Waals surface area contributed by atoms with Crippen LogP contribution in [0, 0.1) is 12.8 Å². The number of methoxy groups -OCH3 is 1. The molecule has 0 aliphatic heterocycles. The summed E-state index contributed by atoms with van der Waals surface area (Å²) in [6.45, 7) is 6.42. The van der Waals surface area contributed by atoms with Gasteiger partial charge in [0.15, 0.2) is 5.11 Å². The lowest BCUT2D eigenvalue weighted by atomic mass is 9.97. The quantitative estimate of drug-likeness (QED) is 0.758. The van der Waals surface area contributed by atoms with Gasteiger partial charge in [0.1, 0.15) is 11.6 Å². The second-order valence-corrected chi connectivity index (χ2v) is 6.68. The molecule has 128 valence electrons. The molecule has 2 aromatic rings. The van der Waals surface area contributed by atoms with Gasteiger partial charge in [-0.25, -0.2) is 4.98 Å². The highest BCUT2D eigenvalue weighted by atomic mass is 32.1. The highest BCUT2D eigenvalue weighted by Gasteiger charge is 2.15. The summed E-state index contributed by atoms with van der Waals surface area (Å²) in [5.74, 6) is 2.15. The second kappa shape index (κ2) is 8.64. The van der Waals surface area contributed by atoms with Crippen LogP contribution in [0.4, 0.5) is 5.82 Å². The average molecular weight is 343 g/mol. The predicted octanol–water partition coefficient (Wildman–Crippen LogP) is 4.47. The lowest BCUT2D eigenvalue weighted by Gasteiger charge is -2.23. The van der Waals surface area contributed by atoms with Crippen molar-refractivity contribution >= 4 is 23.1 Å². The molecule has 0 fully saturated rings. The number of pyridine rings is 1. The minimum Gasteiger partial charge on any atom is -0.497 e. The van der Waals surface area contributed by atoms with E-state index in [1.807, 2.05) is 37.4 Å². The van der Waals surface area contributed by atoms with Crippen LogP contribution in [0.15, 0.2) is 42.6 Å². The Morgan fingerprint density at radius 3 is 2.42 bits per heavy atom. The SMILES string of the molecule is COc1ccc([C@@H](CC(C)C)NC(=S)Nc2ccc(C)cn2)cc1. The molecule has 0 spiro atoms. The molecule has 2 rings (SSSR count). The van der Waals surface area contributed by atoms with Gasteiger partial charge in [-0.1, -0.05) is 32.0 Å². The second-order valence-electron chi connectivity index (χ2n) is 6.27. The molecule has 0 unspecified atom stereocenters. The van der Waals surface area contributed by atoms with E-state index in [2.05, 4.69) is 41.6 Å². The minimum absolute atomic E-state index is 0.140. The number of hydrogen-bond acceptors (Lipinski definition) is 3. The molecular weight excluding hydrogens is 318 g/mol. The van der Waals surface area contributed by atoms with Gasteiger partial charge in [-0.15, -0.1) is 0 Å². The van der Waals surface area contributed by atoms with Crippen molar-refractivity contribution in [1.82, 2.24) is 10.3 Å². The summed E-state index contributed by atoms with van der Waals surface area (Å²) in [5, 5.41) is 7.13. The molecule has 24 heavy (non-hydrogen) atoms. The fourth-order valence-electron chi connectivity index (χ4n) is 2.44. The van der Waals surface area contributed by atoms with Crippen LogP contribution >= 0.6 is 12.2 Å². The van der Waals surface area contributed by atoms with Gasteiger partial charge in [0, 0.05) is 6.20 Å². The van der Waals surface area contributed by atoms with Crippen LogP contribution in [0.3, 0.4) is 0 Å². The third kappa shape index (κ3) is 5.49. The number of nitrogens with one attached hydrogen (secondary N) is 2. The monoisotopic (exact) mass is 343 g/mol. The summed E-state index contributed by atoms with van der Waals surface area (Å²) in [6, 6.07) is 12.2. The fraction of sp³-hybridized carbons (Fsp3) is 0.368. The minimum atomic E-state index is 0.140. The molecule has 0 saturated carbocycles. The number of benzene rings is 1. The van der Waals surface area contributed by atoms with Crippen molar-refractivity contribution in [2.24, 2.45) is 5.92 Å². The van der Waals surface area contributed by atoms with E-state index in [9.17, 15) is 0 Å². The topological polar surface area (TPSA) is 46.2 Å². The third-order valence-corrected chi connectivity index (χ3v) is 3.90. The molecule has 0 amide bonds. The summed E-state index contributed by atoms with van der Waals surface area (Å²) in [5.41, 5.74) is 2.31. The largest absolute Gasteiger partial charge is 0.497 e. The van der Waals surface area contributed by atoms with Crippen LogP contribution < -0.4 is 15.4 Å². The maximum Gasteiger partial charge on any atom is 0.172 e. The Balaban J connectivity index is 2.06. The molecular formula is C19H25N3OS. The molecule has 0 saturated heterocycles. The first kappa shape index (κ1) is 18.2. The number of hydrogen-bond donors (Lipinski definition) is 2. The first-order valence-electron chi connectivity index (χ1n) is 8.12. The van der Waals surface area contributed by atoms with Crippen molar-refractivity contribution in [2.75, 3.05) is 12.4 Å². The number of thiocarbonyl (C=S) groups is 1. The van der Waals surface area contributed by atoms with E-state index in [1.165, 1.54) is 5.56 Å². The average Bonchev–Trinajstić information content (AvgIpc) is 2.56. The molecule has 0 radical (unpaired) electrons. The summed E-state index contributed by atoms with van der Waals surface area (Å²) >= 11 is 5.46. The van der Waals surface area contributed by atoms with Crippen molar-refractivity contribution in [1.29, 1.82) is 0 Å². The van der Waals surface area contributed by atoms with Gasteiger partial charge in [0.2, 0.25) is 0 Å². The molecule has 1 aromatic carbocycles. The van der Waals surface area contributed by atoms with Crippen LogP contribution in [-0.2, 0) is 0 Å². The lowest BCUT2D eigenvalue weighted by molar-refractivity contribution is 0.414. The van der Waals surface area contributed by atoms with Gasteiger partial charge in [-0.05, 0) is 60.8 Å². The zero-order valence-corrected chi connectivity index (χ0v) is 15.5. The van der Waals surface area contributed by atoms with Gasteiger partial charge in [-0.2, -0.15) is 0 Å². The highest BCUT2D eigenvalue weighted by molar-refractivity contribution is 7.80. The van der Waals surface area contributed by atoms with E-state index in [0.717, 1.165) is 23.6 Å². The van der Waals surface area contributed by atoms with Crippen LogP contribution in [0.2, 0.25) is 0 Å². The van der Waals surface area contributed by atoms with Gasteiger partial charge < -0.3 is 15.4 Å². The zero-order valence-electron chi connectivity index (χ0n) is 14.7. The Morgan fingerprint density at radius 1 is 1.17 bits per heavy atom. The molecule has 2 N–H and O–H groups in total. The highest BCUT2D eigenvalue weighted by Crippen LogP contribution is 2.23. The van der Waals surface area contributed by atoms with Crippen LogP contribution in [0.25, 0.3) is 0 Å². The standard InChI is InChI=1S/C19H25N3OS/c1-13(2)11-17(15-6-8-16(23-4)9-7-15)21-19(24)22-18-10-5-14(3)12-20-18/h5-10,12-13,17H,11H2,1-4H3,(H2,20,21,22,24)/t17-/m1/s1. The summed E-state index contributed by atoms with van der Waals surface area (Å²) in [7, 11) is 1.67. The smallest absolute Gasteiger partial charge is 0.172 e. The Hall–Kier alpha value is -2.14. The molecule has 5 heteroatoms. The maximum absolute atomic E-state index is 5.46. The Labute approximate surface area is 149 Å². The zero-order chi connectivity index (χ0) is 17.5. The van der Waals surface area contributed by atoms with Crippen LogP contribution in [-0.4, -0.2) is 17.2 Å². The van der Waals surface area contributed by atoms with Crippen molar-refractivity contribution in [3.05, 3.63) is 53.7 Å². The molecule has 1 heterocycles. The Kier molecular flexibility index (Phi) is 6.55. The molecule has 1 atom stereocenters. The van der Waals surface area contributed by atoms with Gasteiger partial charge >= 0.3 is 0 Å². The predicted molar refractivity (Wildman–Crippen MR) is 104 cm³/mol. The van der Waals surface area contributed by atoms with Gasteiger partial charge in [-0.3, -0.25) is 0 Å². The van der Waals surface area contributed by atoms with Gasteiger partial charge in [0.05, 0.1) is 13.2 Å². The maximum atomic E-state index is 5.46. The normalized spacial score (nSPS) is 11.9. The number of ether oxygens (including phenoxy) is 1. The molecule has 1 aromatic heterocycles. The summed E-state index contributed by atoms with van der Waals surface area (Å²) in [6.07, 6.45) is 2.80. The Morgan fingerprint density at radius 2 is 1.88 bits per heavy atom. The fourth-order valence-corrected chi connectivity index (χ4v) is 2.69. The van der Waals surface area contributed by atoms with E-state index < -0.39 is 0 Å². The van der Waals surface area contributed by atoms with E-state index in [-0.39, 0.29) is 6.04 Å². The number of aryl methyl sites for hydroxylation is 1. The van der Waals surface area contributed by atoms with E-state index in [0.29, 0.717) is 11.0 Å². The Bertz CT molecular complexity index is 653. The lowest BCUT2D eigenvalue weighted by Crippen LogP contribution is -2.33. The van der Waals surface area contributed by atoms with Crippen molar-refractivity contribution < 1.29 is 4.74 Å². The van der Waals surface area contributed by atoms with E-state index >= 15 is 0 Å². The number of nitrogens with zero attached hydrogens (tertiary/aromatic N) is 1. The first-order valence-corrected chi connectivity index (χ1v) is 8.53. The van der Waals surface area contributed by atoms with Crippen LogP contribution in [0.1, 0.15) is 37.4 Å². The molecule has 0 bridgehead atoms. The van der Waals surface area contributed by atoms with E-state index in [1.54, 1.807) is 7.11 Å². The van der Waals surface area contributed by atoms with Crippen molar-refractivity contribution in [2.45, 2.75) is 33.2 Å². The first-order chi connectivity index (χ1) is 11.5. The number of rotatable bonds is 6. The third-order valence-electron chi connectivity index (χ3n) is 3.68. The molecule has 4 nitrogen and oxygen atoms in total. The van der Waals surface area contributed by atoms with E-state index in [4.69, 9.17) is 17.0 Å². The molecule has 0 aliphatic rings. The van der Waals surface area contributed by atoms with Gasteiger partial charge in [0.25, 0.3) is 0 Å². The number of aromatic nitrogens is 1. The summed E-state index contributed by atoms with van der Waals surface area (Å²) in [4.78, 5) is 4.33. The summed E-state index contributed by atoms with van der Waals surface area (Å²) < 4.78 is 5.23.